The Bertz CT molecular complexity index is 623. The molecule has 0 radical (unpaired) electrons. The summed E-state index contributed by atoms with van der Waals surface area (Å²) < 4.78 is 0. The van der Waals surface area contributed by atoms with Crippen LogP contribution < -0.4 is 11.1 Å². The molecule has 6 heteroatoms. The molecule has 1 aromatic carbocycles. The Labute approximate surface area is 140 Å². The van der Waals surface area contributed by atoms with E-state index in [1.54, 1.807) is 5.38 Å². The molecule has 2 aromatic rings. The van der Waals surface area contributed by atoms with E-state index >= 15 is 0 Å². The average molecular weight is 338 g/mol. The van der Waals surface area contributed by atoms with Crippen LogP contribution in [0.4, 0.5) is 0 Å². The first kappa shape index (κ1) is 16.9. The molecular formula is C16H20ClN3OS. The number of carbonyl (C=O) groups excluding carboxylic acids is 1. The third-order valence-corrected chi connectivity index (χ3v) is 4.97. The normalized spacial score (nSPS) is 16.0. The summed E-state index contributed by atoms with van der Waals surface area (Å²) in [6.45, 7) is 0.377. The third kappa shape index (κ3) is 3.32. The minimum Gasteiger partial charge on any atom is -0.341 e. The summed E-state index contributed by atoms with van der Waals surface area (Å²) in [5.74, 6) is -0.100. The highest BCUT2D eigenvalue weighted by Crippen LogP contribution is 2.38. The topological polar surface area (TPSA) is 68.0 Å². The maximum atomic E-state index is 12.5. The van der Waals surface area contributed by atoms with Gasteiger partial charge in [0.05, 0.1) is 5.54 Å². The molecule has 3 N–H and O–H groups in total. The second kappa shape index (κ2) is 7.22. The van der Waals surface area contributed by atoms with Gasteiger partial charge >= 0.3 is 0 Å². The summed E-state index contributed by atoms with van der Waals surface area (Å²) >= 11 is 1.43. The van der Waals surface area contributed by atoms with Crippen molar-refractivity contribution >= 4 is 29.7 Å². The summed E-state index contributed by atoms with van der Waals surface area (Å²) in [4.78, 5) is 16.8. The number of hydrogen-bond acceptors (Lipinski definition) is 4. The largest absolute Gasteiger partial charge is 0.341 e. The van der Waals surface area contributed by atoms with Crippen molar-refractivity contribution in [1.29, 1.82) is 0 Å². The van der Waals surface area contributed by atoms with Gasteiger partial charge in [-0.1, -0.05) is 43.2 Å². The van der Waals surface area contributed by atoms with E-state index in [2.05, 4.69) is 22.4 Å². The van der Waals surface area contributed by atoms with Crippen LogP contribution in [0.15, 0.2) is 35.7 Å². The number of amides is 1. The monoisotopic (exact) mass is 337 g/mol. The Morgan fingerprint density at radius 3 is 2.55 bits per heavy atom. The SMILES string of the molecule is Cl.NCc1nc(C(=O)NC2(c3ccccc3)CCCC2)cs1. The number of rotatable bonds is 4. The van der Waals surface area contributed by atoms with Crippen molar-refractivity contribution in [2.45, 2.75) is 37.8 Å². The molecule has 0 unspecified atom stereocenters. The maximum Gasteiger partial charge on any atom is 0.271 e. The zero-order valence-electron chi connectivity index (χ0n) is 12.2. The fourth-order valence-electron chi connectivity index (χ4n) is 3.01. The Kier molecular flexibility index (Phi) is 5.56. The van der Waals surface area contributed by atoms with Crippen LogP contribution in [-0.2, 0) is 12.1 Å². The molecule has 0 spiro atoms. The molecule has 1 aliphatic rings. The predicted octanol–water partition coefficient (Wildman–Crippen LogP) is 3.22. The van der Waals surface area contributed by atoms with Crippen molar-refractivity contribution in [3.8, 4) is 0 Å². The molecule has 0 saturated heterocycles. The maximum absolute atomic E-state index is 12.5. The van der Waals surface area contributed by atoms with Gasteiger partial charge < -0.3 is 11.1 Å². The van der Waals surface area contributed by atoms with Gasteiger partial charge in [0.15, 0.2) is 0 Å². The second-order valence-electron chi connectivity index (χ2n) is 5.44. The number of nitrogens with zero attached hydrogens (tertiary/aromatic N) is 1. The van der Waals surface area contributed by atoms with Crippen molar-refractivity contribution < 1.29 is 4.79 Å². The smallest absolute Gasteiger partial charge is 0.271 e. The fraction of sp³-hybridized carbons (Fsp3) is 0.375. The molecule has 0 atom stereocenters. The third-order valence-electron chi connectivity index (χ3n) is 4.10. The summed E-state index contributed by atoms with van der Waals surface area (Å²) in [6, 6.07) is 10.2. The number of benzene rings is 1. The molecule has 0 bridgehead atoms. The van der Waals surface area contributed by atoms with Crippen LogP contribution in [-0.4, -0.2) is 10.9 Å². The molecule has 1 saturated carbocycles. The standard InChI is InChI=1S/C16H19N3OS.ClH/c17-10-14-18-13(11-21-14)15(20)19-16(8-4-5-9-16)12-6-2-1-3-7-12;/h1-3,6-7,11H,4-5,8-10,17H2,(H,19,20);1H. The molecule has 22 heavy (non-hydrogen) atoms. The van der Waals surface area contributed by atoms with Gasteiger partial charge in [0.2, 0.25) is 0 Å². The Morgan fingerprint density at radius 1 is 1.27 bits per heavy atom. The highest BCUT2D eigenvalue weighted by Gasteiger charge is 2.37. The number of nitrogens with one attached hydrogen (secondary N) is 1. The molecule has 1 amide bonds. The molecule has 0 aliphatic heterocycles. The lowest BCUT2D eigenvalue weighted by molar-refractivity contribution is 0.0893. The highest BCUT2D eigenvalue weighted by atomic mass is 35.5. The van der Waals surface area contributed by atoms with E-state index in [9.17, 15) is 4.79 Å². The summed E-state index contributed by atoms with van der Waals surface area (Å²) in [5.41, 5.74) is 6.97. The lowest BCUT2D eigenvalue weighted by Gasteiger charge is -2.30. The van der Waals surface area contributed by atoms with Crippen LogP contribution in [0.2, 0.25) is 0 Å². The van der Waals surface area contributed by atoms with E-state index < -0.39 is 0 Å². The van der Waals surface area contributed by atoms with Gasteiger partial charge in [-0.05, 0) is 18.4 Å². The van der Waals surface area contributed by atoms with Gasteiger partial charge in [-0.25, -0.2) is 4.98 Å². The van der Waals surface area contributed by atoms with Crippen LogP contribution in [0, 0.1) is 0 Å². The Hall–Kier alpha value is -1.43. The first-order chi connectivity index (χ1) is 10.2. The summed E-state index contributed by atoms with van der Waals surface area (Å²) in [6.07, 6.45) is 4.24. The van der Waals surface area contributed by atoms with Crippen molar-refractivity contribution in [2.75, 3.05) is 0 Å². The minimum atomic E-state index is -0.245. The van der Waals surface area contributed by atoms with Gasteiger partial charge in [-0.3, -0.25) is 4.79 Å². The van der Waals surface area contributed by atoms with Crippen LogP contribution >= 0.6 is 23.7 Å². The van der Waals surface area contributed by atoms with Crippen LogP contribution in [0.3, 0.4) is 0 Å². The first-order valence-corrected chi connectivity index (χ1v) is 8.14. The molecule has 1 fully saturated rings. The number of aromatic nitrogens is 1. The molecule has 1 aromatic heterocycles. The van der Waals surface area contributed by atoms with Crippen LogP contribution in [0.25, 0.3) is 0 Å². The molecule has 118 valence electrons. The quantitative estimate of drug-likeness (QED) is 0.900. The Morgan fingerprint density at radius 2 is 1.95 bits per heavy atom. The van der Waals surface area contributed by atoms with Crippen molar-refractivity contribution in [1.82, 2.24) is 10.3 Å². The van der Waals surface area contributed by atoms with Crippen LogP contribution in [0.1, 0.15) is 46.7 Å². The molecule has 4 nitrogen and oxygen atoms in total. The number of halogens is 1. The van der Waals surface area contributed by atoms with E-state index in [4.69, 9.17) is 5.73 Å². The number of carbonyl (C=O) groups is 1. The lowest BCUT2D eigenvalue weighted by atomic mass is 9.88. The van der Waals surface area contributed by atoms with Crippen molar-refractivity contribution in [2.24, 2.45) is 5.73 Å². The lowest BCUT2D eigenvalue weighted by Crippen LogP contribution is -2.43. The summed E-state index contributed by atoms with van der Waals surface area (Å²) in [7, 11) is 0. The van der Waals surface area contributed by atoms with Gasteiger partial charge in [0, 0.05) is 11.9 Å². The van der Waals surface area contributed by atoms with Gasteiger partial charge in [0.1, 0.15) is 10.7 Å². The second-order valence-corrected chi connectivity index (χ2v) is 6.38. The van der Waals surface area contributed by atoms with E-state index in [1.165, 1.54) is 16.9 Å². The molecular weight excluding hydrogens is 318 g/mol. The zero-order chi connectivity index (χ0) is 14.7. The van der Waals surface area contributed by atoms with Crippen LogP contribution in [0.5, 0.6) is 0 Å². The summed E-state index contributed by atoms with van der Waals surface area (Å²) in [5, 5.41) is 5.80. The van der Waals surface area contributed by atoms with Crippen molar-refractivity contribution in [3.05, 3.63) is 52.0 Å². The molecule has 3 rings (SSSR count). The number of nitrogens with two attached hydrogens (primary N) is 1. The van der Waals surface area contributed by atoms with E-state index in [0.717, 1.165) is 30.7 Å². The molecule has 1 aliphatic carbocycles. The number of thiazole rings is 1. The van der Waals surface area contributed by atoms with E-state index in [-0.39, 0.29) is 23.9 Å². The molecule has 1 heterocycles. The van der Waals surface area contributed by atoms with E-state index in [1.807, 2.05) is 18.2 Å². The minimum absolute atomic E-state index is 0. The van der Waals surface area contributed by atoms with Gasteiger partial charge in [0.25, 0.3) is 5.91 Å². The van der Waals surface area contributed by atoms with Gasteiger partial charge in [-0.15, -0.1) is 23.7 Å². The average Bonchev–Trinajstić information content (AvgIpc) is 3.18. The predicted molar refractivity (Wildman–Crippen MR) is 91.3 cm³/mol. The zero-order valence-corrected chi connectivity index (χ0v) is 13.9. The number of hydrogen-bond donors (Lipinski definition) is 2. The first-order valence-electron chi connectivity index (χ1n) is 7.26. The van der Waals surface area contributed by atoms with Gasteiger partial charge in [-0.2, -0.15) is 0 Å². The van der Waals surface area contributed by atoms with Crippen molar-refractivity contribution in [3.63, 3.8) is 0 Å². The highest BCUT2D eigenvalue weighted by molar-refractivity contribution is 7.09. The Balaban J connectivity index is 0.00000176. The van der Waals surface area contributed by atoms with E-state index in [0.29, 0.717) is 12.2 Å². The fourth-order valence-corrected chi connectivity index (χ4v) is 3.67.